The highest BCUT2D eigenvalue weighted by Gasteiger charge is 2.22. The SMILES string of the molecule is CC(CCN1CCC(C(N)=O)CC1)c1ccccc1. The summed E-state index contributed by atoms with van der Waals surface area (Å²) < 4.78 is 0. The van der Waals surface area contributed by atoms with Crippen LogP contribution in [-0.2, 0) is 4.79 Å². The van der Waals surface area contributed by atoms with Crippen molar-refractivity contribution in [2.45, 2.75) is 32.1 Å². The molecule has 3 heteroatoms. The molecule has 104 valence electrons. The van der Waals surface area contributed by atoms with Crippen molar-refractivity contribution in [2.75, 3.05) is 19.6 Å². The normalized spacial score (nSPS) is 19.2. The molecule has 0 aliphatic carbocycles. The van der Waals surface area contributed by atoms with Gasteiger partial charge < -0.3 is 10.6 Å². The van der Waals surface area contributed by atoms with Crippen LogP contribution in [0, 0.1) is 5.92 Å². The maximum atomic E-state index is 11.1. The molecule has 3 nitrogen and oxygen atoms in total. The lowest BCUT2D eigenvalue weighted by Gasteiger charge is -2.31. The fourth-order valence-electron chi connectivity index (χ4n) is 2.77. The first kappa shape index (κ1) is 14.1. The molecule has 0 saturated carbocycles. The molecule has 2 N–H and O–H groups in total. The van der Waals surface area contributed by atoms with Crippen LogP contribution in [0.2, 0.25) is 0 Å². The molecule has 1 amide bonds. The highest BCUT2D eigenvalue weighted by molar-refractivity contribution is 5.76. The van der Waals surface area contributed by atoms with Crippen molar-refractivity contribution in [1.29, 1.82) is 0 Å². The molecule has 1 saturated heterocycles. The zero-order chi connectivity index (χ0) is 13.7. The van der Waals surface area contributed by atoms with Gasteiger partial charge in [0.2, 0.25) is 5.91 Å². The lowest BCUT2D eigenvalue weighted by atomic mass is 9.94. The third kappa shape index (κ3) is 4.06. The van der Waals surface area contributed by atoms with Crippen molar-refractivity contribution in [2.24, 2.45) is 11.7 Å². The van der Waals surface area contributed by atoms with Gasteiger partial charge in [0, 0.05) is 5.92 Å². The molecule has 0 spiro atoms. The smallest absolute Gasteiger partial charge is 0.220 e. The predicted molar refractivity (Wildman–Crippen MR) is 77.8 cm³/mol. The van der Waals surface area contributed by atoms with E-state index in [1.165, 1.54) is 12.0 Å². The van der Waals surface area contributed by atoms with E-state index in [2.05, 4.69) is 42.2 Å². The summed E-state index contributed by atoms with van der Waals surface area (Å²) in [4.78, 5) is 13.6. The monoisotopic (exact) mass is 260 g/mol. The summed E-state index contributed by atoms with van der Waals surface area (Å²) in [5.41, 5.74) is 6.76. The molecule has 1 heterocycles. The van der Waals surface area contributed by atoms with E-state index in [1.807, 2.05) is 0 Å². The van der Waals surface area contributed by atoms with Crippen LogP contribution in [0.25, 0.3) is 0 Å². The van der Waals surface area contributed by atoms with Crippen molar-refractivity contribution >= 4 is 5.91 Å². The number of hydrogen-bond acceptors (Lipinski definition) is 2. The summed E-state index contributed by atoms with van der Waals surface area (Å²) in [5, 5.41) is 0. The molecule has 1 fully saturated rings. The van der Waals surface area contributed by atoms with Crippen LogP contribution in [0.15, 0.2) is 30.3 Å². The van der Waals surface area contributed by atoms with Gasteiger partial charge >= 0.3 is 0 Å². The summed E-state index contributed by atoms with van der Waals surface area (Å²) in [6.45, 7) is 5.41. The van der Waals surface area contributed by atoms with E-state index in [-0.39, 0.29) is 11.8 Å². The lowest BCUT2D eigenvalue weighted by molar-refractivity contribution is -0.123. The van der Waals surface area contributed by atoms with E-state index >= 15 is 0 Å². The molecule has 1 aliphatic rings. The summed E-state index contributed by atoms with van der Waals surface area (Å²) in [7, 11) is 0. The summed E-state index contributed by atoms with van der Waals surface area (Å²) in [5.74, 6) is 0.565. The van der Waals surface area contributed by atoms with E-state index < -0.39 is 0 Å². The third-order valence-corrected chi connectivity index (χ3v) is 4.24. The largest absolute Gasteiger partial charge is 0.369 e. The quantitative estimate of drug-likeness (QED) is 0.883. The Kier molecular flexibility index (Phi) is 4.97. The Morgan fingerprint density at radius 2 is 1.95 bits per heavy atom. The van der Waals surface area contributed by atoms with Crippen LogP contribution in [0.5, 0.6) is 0 Å². The zero-order valence-corrected chi connectivity index (χ0v) is 11.7. The number of carbonyl (C=O) groups excluding carboxylic acids is 1. The molecule has 0 bridgehead atoms. The molecule has 1 unspecified atom stereocenters. The summed E-state index contributed by atoms with van der Waals surface area (Å²) in [6, 6.07) is 10.7. The standard InChI is InChI=1S/C16H24N2O/c1-13(14-5-3-2-4-6-14)7-10-18-11-8-15(9-12-18)16(17)19/h2-6,13,15H,7-12H2,1H3,(H2,17,19). The van der Waals surface area contributed by atoms with Crippen LogP contribution in [0.3, 0.4) is 0 Å². The minimum atomic E-state index is -0.127. The number of benzene rings is 1. The minimum absolute atomic E-state index is 0.0998. The minimum Gasteiger partial charge on any atom is -0.369 e. The van der Waals surface area contributed by atoms with Crippen molar-refractivity contribution in [1.82, 2.24) is 4.90 Å². The fraction of sp³-hybridized carbons (Fsp3) is 0.562. The molecule has 1 aromatic rings. The Morgan fingerprint density at radius 1 is 1.32 bits per heavy atom. The van der Waals surface area contributed by atoms with Crippen LogP contribution >= 0.6 is 0 Å². The number of amides is 1. The molecule has 1 atom stereocenters. The van der Waals surface area contributed by atoms with Crippen LogP contribution in [-0.4, -0.2) is 30.4 Å². The fourth-order valence-corrected chi connectivity index (χ4v) is 2.77. The molecule has 0 aromatic heterocycles. The van der Waals surface area contributed by atoms with Gasteiger partial charge in [-0.2, -0.15) is 0 Å². The number of nitrogens with zero attached hydrogens (tertiary/aromatic N) is 1. The molecular weight excluding hydrogens is 236 g/mol. The van der Waals surface area contributed by atoms with Gasteiger partial charge in [-0.25, -0.2) is 0 Å². The Balaban J connectivity index is 1.73. The zero-order valence-electron chi connectivity index (χ0n) is 11.7. The van der Waals surface area contributed by atoms with E-state index in [1.54, 1.807) is 0 Å². The first-order chi connectivity index (χ1) is 9.16. The molecule has 19 heavy (non-hydrogen) atoms. The predicted octanol–water partition coefficient (Wildman–Crippen LogP) is 2.38. The van der Waals surface area contributed by atoms with Crippen LogP contribution in [0.4, 0.5) is 0 Å². The highest BCUT2D eigenvalue weighted by Crippen LogP contribution is 2.21. The van der Waals surface area contributed by atoms with Gasteiger partial charge in [0.1, 0.15) is 0 Å². The molecule has 2 rings (SSSR count). The molecule has 1 aromatic carbocycles. The number of nitrogens with two attached hydrogens (primary N) is 1. The lowest BCUT2D eigenvalue weighted by Crippen LogP contribution is -2.39. The first-order valence-corrected chi connectivity index (χ1v) is 7.23. The van der Waals surface area contributed by atoms with Gasteiger partial charge in [-0.15, -0.1) is 0 Å². The second-order valence-corrected chi connectivity index (χ2v) is 5.62. The summed E-state index contributed by atoms with van der Waals surface area (Å²) in [6.07, 6.45) is 3.02. The van der Waals surface area contributed by atoms with Crippen molar-refractivity contribution in [3.63, 3.8) is 0 Å². The molecular formula is C16H24N2O. The Labute approximate surface area is 115 Å². The molecule has 1 aliphatic heterocycles. The van der Waals surface area contributed by atoms with Crippen molar-refractivity contribution in [3.8, 4) is 0 Å². The van der Waals surface area contributed by atoms with Crippen LogP contribution < -0.4 is 5.73 Å². The number of piperidine rings is 1. The molecule has 0 radical (unpaired) electrons. The van der Waals surface area contributed by atoms with Gasteiger partial charge in [-0.1, -0.05) is 37.3 Å². The summed E-state index contributed by atoms with van der Waals surface area (Å²) >= 11 is 0. The van der Waals surface area contributed by atoms with E-state index in [0.29, 0.717) is 5.92 Å². The van der Waals surface area contributed by atoms with Crippen LogP contribution in [0.1, 0.15) is 37.7 Å². The number of likely N-dealkylation sites (tertiary alicyclic amines) is 1. The maximum absolute atomic E-state index is 11.1. The Hall–Kier alpha value is -1.35. The first-order valence-electron chi connectivity index (χ1n) is 7.23. The van der Waals surface area contributed by atoms with Crippen molar-refractivity contribution in [3.05, 3.63) is 35.9 Å². The number of rotatable bonds is 5. The van der Waals surface area contributed by atoms with Gasteiger partial charge in [0.05, 0.1) is 0 Å². The van der Waals surface area contributed by atoms with Gasteiger partial charge in [-0.05, 0) is 50.4 Å². The second kappa shape index (κ2) is 6.71. The highest BCUT2D eigenvalue weighted by atomic mass is 16.1. The topological polar surface area (TPSA) is 46.3 Å². The van der Waals surface area contributed by atoms with E-state index in [0.717, 1.165) is 32.5 Å². The number of hydrogen-bond donors (Lipinski definition) is 1. The average Bonchev–Trinajstić information content (AvgIpc) is 2.46. The Morgan fingerprint density at radius 3 is 2.53 bits per heavy atom. The van der Waals surface area contributed by atoms with Crippen molar-refractivity contribution < 1.29 is 4.79 Å². The number of carbonyl (C=O) groups is 1. The van der Waals surface area contributed by atoms with Gasteiger partial charge in [0.15, 0.2) is 0 Å². The van der Waals surface area contributed by atoms with E-state index in [4.69, 9.17) is 5.73 Å². The second-order valence-electron chi connectivity index (χ2n) is 5.62. The average molecular weight is 260 g/mol. The van der Waals surface area contributed by atoms with E-state index in [9.17, 15) is 4.79 Å². The van der Waals surface area contributed by atoms with Gasteiger partial charge in [0.25, 0.3) is 0 Å². The maximum Gasteiger partial charge on any atom is 0.220 e. The number of primary amides is 1. The third-order valence-electron chi connectivity index (χ3n) is 4.24. The van der Waals surface area contributed by atoms with Gasteiger partial charge in [-0.3, -0.25) is 4.79 Å². The Bertz CT molecular complexity index is 396.